The molecule has 9 aromatic rings. The number of para-hydroxylation sites is 1. The number of fused-ring (bicyclic) bond motifs is 12. The van der Waals surface area contributed by atoms with Gasteiger partial charge in [-0.2, -0.15) is 0 Å². The molecular formula is C63H64BN3. The Hall–Kier alpha value is -6.26. The normalized spacial score (nSPS) is 15.9. The van der Waals surface area contributed by atoms with Crippen molar-refractivity contribution in [3.8, 4) is 0 Å². The number of hydrogen-bond donors (Lipinski definition) is 0. The van der Waals surface area contributed by atoms with Crippen molar-refractivity contribution < 1.29 is 0 Å². The Morgan fingerprint density at radius 2 is 1.03 bits per heavy atom. The van der Waals surface area contributed by atoms with Crippen molar-refractivity contribution in [3.63, 3.8) is 0 Å². The van der Waals surface area contributed by atoms with Gasteiger partial charge in [-0.15, -0.1) is 0 Å². The highest BCUT2D eigenvalue weighted by atomic mass is 15.2. The summed E-state index contributed by atoms with van der Waals surface area (Å²) in [6.45, 7) is 33.1. The van der Waals surface area contributed by atoms with Crippen LogP contribution in [0.2, 0.25) is 0 Å². The summed E-state index contributed by atoms with van der Waals surface area (Å²) in [6, 6.07) is 52.5. The van der Waals surface area contributed by atoms with E-state index in [1.807, 2.05) is 0 Å². The van der Waals surface area contributed by atoms with E-state index >= 15 is 0 Å². The van der Waals surface area contributed by atoms with E-state index in [1.54, 1.807) is 0 Å². The molecule has 334 valence electrons. The molecule has 0 amide bonds. The predicted octanol–water partition coefficient (Wildman–Crippen LogP) is 15.8. The number of hydrogen-bond acceptors (Lipinski definition) is 2. The van der Waals surface area contributed by atoms with Crippen molar-refractivity contribution in [2.75, 3.05) is 9.80 Å². The van der Waals surface area contributed by atoms with Gasteiger partial charge in [-0.1, -0.05) is 182 Å². The molecule has 0 radical (unpaired) electrons. The number of benzene rings is 7. The van der Waals surface area contributed by atoms with Crippen molar-refractivity contribution >= 4 is 89.6 Å². The number of rotatable bonds is 2. The van der Waals surface area contributed by atoms with Gasteiger partial charge in [0.2, 0.25) is 0 Å². The largest absolute Gasteiger partial charge is 0.314 e. The molecule has 7 aromatic carbocycles. The lowest BCUT2D eigenvalue weighted by molar-refractivity contribution is 0.588. The van der Waals surface area contributed by atoms with Gasteiger partial charge in [-0.05, 0) is 120 Å². The van der Waals surface area contributed by atoms with E-state index in [0.29, 0.717) is 0 Å². The summed E-state index contributed by atoms with van der Waals surface area (Å²) in [5.41, 5.74) is 23.3. The maximum absolute atomic E-state index is 2.70. The van der Waals surface area contributed by atoms with Gasteiger partial charge in [0.15, 0.2) is 0 Å². The first-order chi connectivity index (χ1) is 31.5. The van der Waals surface area contributed by atoms with E-state index in [1.165, 1.54) is 122 Å². The SMILES string of the molecule is CC(C)(C)c1cccc(N2C3=C(B4c5cc6c7ccc(C(C)(C)C)cc7n7c8ccccc8c(c5N(c5cccc(C(C)(C)C)c5)c5cc(C(C)(C)C)cc2c54)c67)c2ccccc2C3(C)C)c1. The summed E-state index contributed by atoms with van der Waals surface area (Å²) < 4.78 is 2.60. The van der Waals surface area contributed by atoms with Crippen LogP contribution < -0.4 is 20.7 Å². The summed E-state index contributed by atoms with van der Waals surface area (Å²) in [7, 11) is 0. The number of anilines is 5. The van der Waals surface area contributed by atoms with Crippen LogP contribution in [0.15, 0.2) is 139 Å². The molecule has 3 aliphatic rings. The number of nitrogens with zero attached hydrogens (tertiary/aromatic N) is 3. The minimum Gasteiger partial charge on any atom is -0.314 e. The van der Waals surface area contributed by atoms with Crippen LogP contribution in [-0.2, 0) is 27.1 Å². The quantitative estimate of drug-likeness (QED) is 0.160. The van der Waals surface area contributed by atoms with Crippen molar-refractivity contribution in [1.82, 2.24) is 4.40 Å². The van der Waals surface area contributed by atoms with Crippen LogP contribution in [0, 0.1) is 0 Å². The molecule has 0 bridgehead atoms. The average Bonchev–Trinajstić information content (AvgIpc) is 3.87. The van der Waals surface area contributed by atoms with E-state index in [2.05, 4.69) is 245 Å². The predicted molar refractivity (Wildman–Crippen MR) is 291 cm³/mol. The standard InChI is InChI=1S/C63H64BN3/c1-59(2,3)37-21-19-23-41(31-37)65-51-34-40(62(10,11)12)35-52-55(51)64(54-44-25-15-17-27-47(44)63(13,14)58(54)66(52)42-24-20-22-38(32-42)60(4,5)6)48-36-46-43-30-29-39(61(7,8)9)33-50(43)67-49-28-18-16-26-45(49)53(56(46)67)57(48)65/h15-36H,1-14H3. The van der Waals surface area contributed by atoms with Gasteiger partial charge in [-0.25, -0.2) is 0 Å². The van der Waals surface area contributed by atoms with E-state index in [0.717, 1.165) is 0 Å². The topological polar surface area (TPSA) is 10.9 Å². The zero-order valence-corrected chi connectivity index (χ0v) is 42.1. The lowest BCUT2D eigenvalue weighted by atomic mass is 9.32. The zero-order valence-electron chi connectivity index (χ0n) is 42.1. The molecular weight excluding hydrogens is 810 g/mol. The van der Waals surface area contributed by atoms with Crippen LogP contribution in [0.4, 0.5) is 28.4 Å². The first-order valence-electron chi connectivity index (χ1n) is 24.6. The molecule has 0 N–H and O–H groups in total. The monoisotopic (exact) mass is 874 g/mol. The fourth-order valence-electron chi connectivity index (χ4n) is 12.2. The molecule has 2 aliphatic heterocycles. The smallest absolute Gasteiger partial charge is 0.252 e. The minimum atomic E-state index is -0.287. The molecule has 4 heteroatoms. The van der Waals surface area contributed by atoms with Crippen LogP contribution in [-0.4, -0.2) is 11.1 Å². The van der Waals surface area contributed by atoms with E-state index in [-0.39, 0.29) is 33.8 Å². The molecule has 67 heavy (non-hydrogen) atoms. The third-order valence-corrected chi connectivity index (χ3v) is 15.8. The van der Waals surface area contributed by atoms with E-state index in [9.17, 15) is 0 Å². The molecule has 0 saturated heterocycles. The first-order valence-corrected chi connectivity index (χ1v) is 24.6. The van der Waals surface area contributed by atoms with Gasteiger partial charge < -0.3 is 14.2 Å². The van der Waals surface area contributed by atoms with Crippen LogP contribution in [0.5, 0.6) is 0 Å². The van der Waals surface area contributed by atoms with Gasteiger partial charge >= 0.3 is 0 Å². The fourth-order valence-corrected chi connectivity index (χ4v) is 12.2. The van der Waals surface area contributed by atoms with Crippen molar-refractivity contribution in [1.29, 1.82) is 0 Å². The Balaban J connectivity index is 1.32. The van der Waals surface area contributed by atoms with Crippen LogP contribution in [0.3, 0.4) is 0 Å². The van der Waals surface area contributed by atoms with Crippen molar-refractivity contribution in [2.24, 2.45) is 0 Å². The molecule has 2 aromatic heterocycles. The number of aromatic nitrogens is 1. The van der Waals surface area contributed by atoms with Crippen LogP contribution >= 0.6 is 0 Å². The fraction of sp³-hybridized carbons (Fsp3) is 0.302. The molecule has 0 saturated carbocycles. The second-order valence-electron chi connectivity index (χ2n) is 24.7. The summed E-state index contributed by atoms with van der Waals surface area (Å²) >= 11 is 0. The second kappa shape index (κ2) is 13.5. The molecule has 12 rings (SSSR count). The first kappa shape index (κ1) is 42.1. The molecule has 4 heterocycles. The van der Waals surface area contributed by atoms with E-state index in [4.69, 9.17) is 0 Å². The molecule has 1 aliphatic carbocycles. The Labute approximate surface area is 398 Å². The van der Waals surface area contributed by atoms with Gasteiger partial charge in [0.25, 0.3) is 6.71 Å². The van der Waals surface area contributed by atoms with Gasteiger partial charge in [0.1, 0.15) is 0 Å². The summed E-state index contributed by atoms with van der Waals surface area (Å²) in [4.78, 5) is 5.41. The van der Waals surface area contributed by atoms with Crippen LogP contribution in [0.1, 0.15) is 130 Å². The highest BCUT2D eigenvalue weighted by Gasteiger charge is 2.53. The Morgan fingerprint density at radius 3 is 1.67 bits per heavy atom. The molecule has 3 nitrogen and oxygen atoms in total. The maximum atomic E-state index is 2.70. The Kier molecular flexibility index (Phi) is 8.47. The zero-order chi connectivity index (χ0) is 47.1. The van der Waals surface area contributed by atoms with Crippen molar-refractivity contribution in [2.45, 2.75) is 124 Å². The third-order valence-electron chi connectivity index (χ3n) is 15.8. The molecule has 0 fully saturated rings. The Bertz CT molecular complexity index is 3610. The lowest BCUT2D eigenvalue weighted by Gasteiger charge is -2.47. The third kappa shape index (κ3) is 5.84. The van der Waals surface area contributed by atoms with Crippen molar-refractivity contribution in [3.05, 3.63) is 173 Å². The summed E-state index contributed by atoms with van der Waals surface area (Å²) in [5, 5.41) is 5.27. The maximum Gasteiger partial charge on any atom is 0.252 e. The minimum absolute atomic E-state index is 0.00864. The summed E-state index contributed by atoms with van der Waals surface area (Å²) in [6.07, 6.45) is 0. The van der Waals surface area contributed by atoms with E-state index < -0.39 is 0 Å². The second-order valence-corrected chi connectivity index (χ2v) is 24.7. The van der Waals surface area contributed by atoms with Gasteiger partial charge in [-0.3, -0.25) is 0 Å². The lowest BCUT2D eigenvalue weighted by Crippen LogP contribution is -2.56. The van der Waals surface area contributed by atoms with Crippen LogP contribution in [0.25, 0.3) is 43.6 Å². The Morgan fingerprint density at radius 1 is 0.463 bits per heavy atom. The number of allylic oxidation sites excluding steroid dienone is 1. The summed E-state index contributed by atoms with van der Waals surface area (Å²) in [5.74, 6) is 0. The molecule has 0 spiro atoms. The highest BCUT2D eigenvalue weighted by Crippen LogP contribution is 2.58. The van der Waals surface area contributed by atoms with Gasteiger partial charge in [0, 0.05) is 55.4 Å². The highest BCUT2D eigenvalue weighted by molar-refractivity contribution is 7.04. The molecule has 0 atom stereocenters. The van der Waals surface area contributed by atoms with Gasteiger partial charge in [0.05, 0.1) is 22.2 Å². The molecule has 0 unspecified atom stereocenters. The average molecular weight is 874 g/mol.